The van der Waals surface area contributed by atoms with Gasteiger partial charge in [-0.25, -0.2) is 4.39 Å². The smallest absolute Gasteiger partial charge is 0.179 e. The summed E-state index contributed by atoms with van der Waals surface area (Å²) in [6.45, 7) is 0.228. The molecule has 7 heteroatoms. The van der Waals surface area contributed by atoms with Gasteiger partial charge in [0.2, 0.25) is 0 Å². The van der Waals surface area contributed by atoms with Gasteiger partial charge in [-0.15, -0.1) is 0 Å². The van der Waals surface area contributed by atoms with E-state index in [1.54, 1.807) is 0 Å². The van der Waals surface area contributed by atoms with E-state index in [0.717, 1.165) is 10.0 Å². The molecule has 0 fully saturated rings. The van der Waals surface area contributed by atoms with Crippen molar-refractivity contribution in [2.75, 3.05) is 0 Å². The van der Waals surface area contributed by atoms with E-state index in [9.17, 15) is 4.39 Å². The number of oxime groups is 1. The number of benzene rings is 2. The summed E-state index contributed by atoms with van der Waals surface area (Å²) in [6.07, 6.45) is 0. The summed E-state index contributed by atoms with van der Waals surface area (Å²) in [5.41, 5.74) is 6.61. The maximum absolute atomic E-state index is 14.2. The summed E-state index contributed by atoms with van der Waals surface area (Å²) in [7, 11) is 0. The van der Waals surface area contributed by atoms with Crippen molar-refractivity contribution in [2.45, 2.75) is 6.61 Å². The third kappa shape index (κ3) is 3.74. The first-order valence-electron chi connectivity index (χ1n) is 5.86. The maximum atomic E-state index is 14.2. The van der Waals surface area contributed by atoms with Crippen LogP contribution in [0.5, 0.6) is 5.75 Å². The molecule has 0 aromatic heterocycles. The van der Waals surface area contributed by atoms with Crippen LogP contribution in [0, 0.1) is 5.82 Å². The van der Waals surface area contributed by atoms with Gasteiger partial charge < -0.3 is 15.7 Å². The van der Waals surface area contributed by atoms with Crippen LogP contribution < -0.4 is 10.5 Å². The Kier molecular flexibility index (Phi) is 5.19. The molecule has 0 atom stereocenters. The second-order valence-electron chi connectivity index (χ2n) is 4.14. The summed E-state index contributed by atoms with van der Waals surface area (Å²) in [4.78, 5) is 0. The molecule has 110 valence electrons. The van der Waals surface area contributed by atoms with E-state index < -0.39 is 5.82 Å². The molecule has 2 rings (SSSR count). The fourth-order valence-corrected chi connectivity index (χ4v) is 2.66. The number of halogens is 3. The van der Waals surface area contributed by atoms with Gasteiger partial charge in [-0.3, -0.25) is 0 Å². The van der Waals surface area contributed by atoms with E-state index in [1.165, 1.54) is 12.1 Å². The van der Waals surface area contributed by atoms with E-state index in [2.05, 4.69) is 37.0 Å². The largest absolute Gasteiger partial charge is 0.486 e. The molecule has 0 aliphatic carbocycles. The zero-order valence-corrected chi connectivity index (χ0v) is 13.9. The van der Waals surface area contributed by atoms with Crippen molar-refractivity contribution < 1.29 is 14.3 Å². The number of hydrogen-bond donors (Lipinski definition) is 2. The summed E-state index contributed by atoms with van der Waals surface area (Å²) in [6, 6.07) is 10.5. The molecule has 0 unspecified atom stereocenters. The highest BCUT2D eigenvalue weighted by molar-refractivity contribution is 9.10. The van der Waals surface area contributed by atoms with Gasteiger partial charge >= 0.3 is 0 Å². The zero-order valence-electron chi connectivity index (χ0n) is 10.7. The van der Waals surface area contributed by atoms with Crippen LogP contribution in [0.2, 0.25) is 0 Å². The van der Waals surface area contributed by atoms with E-state index in [0.29, 0.717) is 0 Å². The van der Waals surface area contributed by atoms with Gasteiger partial charge in [-0.2, -0.15) is 0 Å². The third-order valence-corrected chi connectivity index (χ3v) is 3.98. The Bertz CT molecular complexity index is 693. The van der Waals surface area contributed by atoms with Crippen LogP contribution in [-0.2, 0) is 6.61 Å². The first kappa shape index (κ1) is 15.8. The fourth-order valence-electron chi connectivity index (χ4n) is 1.68. The van der Waals surface area contributed by atoms with Crippen molar-refractivity contribution in [1.82, 2.24) is 0 Å². The highest BCUT2D eigenvalue weighted by Crippen LogP contribution is 2.29. The van der Waals surface area contributed by atoms with E-state index in [1.807, 2.05) is 24.3 Å². The van der Waals surface area contributed by atoms with Crippen molar-refractivity contribution in [3.05, 3.63) is 62.3 Å². The Morgan fingerprint density at radius 1 is 1.29 bits per heavy atom. The van der Waals surface area contributed by atoms with Gasteiger partial charge in [0.1, 0.15) is 6.61 Å². The zero-order chi connectivity index (χ0) is 15.4. The van der Waals surface area contributed by atoms with Gasteiger partial charge in [-0.05, 0) is 45.8 Å². The SMILES string of the molecule is N/C(=N/O)c1ccc(OCc2cccc(Br)c2)c(F)c1Br. The minimum Gasteiger partial charge on any atom is -0.486 e. The second kappa shape index (κ2) is 6.91. The summed E-state index contributed by atoms with van der Waals surface area (Å²) < 4.78 is 20.6. The average Bonchev–Trinajstić information content (AvgIpc) is 2.48. The third-order valence-electron chi connectivity index (χ3n) is 2.71. The van der Waals surface area contributed by atoms with E-state index in [4.69, 9.17) is 15.7 Å². The lowest BCUT2D eigenvalue weighted by atomic mass is 10.2. The molecule has 0 aliphatic heterocycles. The van der Waals surface area contributed by atoms with Crippen LogP contribution in [0.15, 0.2) is 50.5 Å². The number of rotatable bonds is 4. The van der Waals surface area contributed by atoms with Crippen LogP contribution in [0.25, 0.3) is 0 Å². The maximum Gasteiger partial charge on any atom is 0.179 e. The normalized spacial score (nSPS) is 11.5. The molecular formula is C14H11Br2FN2O2. The standard InChI is InChI=1S/C14H11Br2FN2O2/c15-9-3-1-2-8(6-9)7-21-11-5-4-10(14(18)19-20)12(16)13(11)17/h1-6,20H,7H2,(H2,18,19). The minimum atomic E-state index is -0.603. The predicted octanol–water partition coefficient (Wildman–Crippen LogP) is 4.02. The van der Waals surface area contributed by atoms with Gasteiger partial charge in [0.05, 0.1) is 4.47 Å². The monoisotopic (exact) mass is 416 g/mol. The molecule has 4 nitrogen and oxygen atoms in total. The van der Waals surface area contributed by atoms with E-state index >= 15 is 0 Å². The van der Waals surface area contributed by atoms with Crippen molar-refractivity contribution in [3.63, 3.8) is 0 Å². The second-order valence-corrected chi connectivity index (χ2v) is 5.85. The first-order valence-corrected chi connectivity index (χ1v) is 7.44. The molecular weight excluding hydrogens is 407 g/mol. The highest BCUT2D eigenvalue weighted by atomic mass is 79.9. The quantitative estimate of drug-likeness (QED) is 0.341. The van der Waals surface area contributed by atoms with Gasteiger partial charge in [0.25, 0.3) is 0 Å². The Labute approximate surface area is 137 Å². The van der Waals surface area contributed by atoms with Crippen LogP contribution in [0.4, 0.5) is 4.39 Å². The number of ether oxygens (including phenoxy) is 1. The Balaban J connectivity index is 2.20. The van der Waals surface area contributed by atoms with Gasteiger partial charge in [0, 0.05) is 10.0 Å². The van der Waals surface area contributed by atoms with Gasteiger partial charge in [-0.1, -0.05) is 33.2 Å². The molecule has 0 amide bonds. The molecule has 2 aromatic rings. The Hall–Kier alpha value is -1.60. The van der Waals surface area contributed by atoms with E-state index in [-0.39, 0.29) is 28.2 Å². The molecule has 21 heavy (non-hydrogen) atoms. The van der Waals surface area contributed by atoms with Crippen molar-refractivity contribution in [1.29, 1.82) is 0 Å². The molecule has 0 spiro atoms. The topological polar surface area (TPSA) is 67.8 Å². The molecule has 2 aromatic carbocycles. The van der Waals surface area contributed by atoms with Crippen LogP contribution in [0.1, 0.15) is 11.1 Å². The summed E-state index contributed by atoms with van der Waals surface area (Å²) in [5, 5.41) is 11.5. The Morgan fingerprint density at radius 2 is 2.05 bits per heavy atom. The molecule has 0 saturated heterocycles. The van der Waals surface area contributed by atoms with Crippen molar-refractivity contribution in [3.8, 4) is 5.75 Å². The number of hydrogen-bond acceptors (Lipinski definition) is 3. The van der Waals surface area contributed by atoms with Crippen LogP contribution in [0.3, 0.4) is 0 Å². The first-order chi connectivity index (χ1) is 10.0. The van der Waals surface area contributed by atoms with Crippen LogP contribution >= 0.6 is 31.9 Å². The summed E-state index contributed by atoms with van der Waals surface area (Å²) >= 11 is 6.44. The minimum absolute atomic E-state index is 0.0799. The lowest BCUT2D eigenvalue weighted by molar-refractivity contribution is 0.289. The van der Waals surface area contributed by atoms with Gasteiger partial charge in [0.15, 0.2) is 17.4 Å². The fraction of sp³-hybridized carbons (Fsp3) is 0.0714. The molecule has 0 aliphatic rings. The average molecular weight is 418 g/mol. The molecule has 0 heterocycles. The molecule has 3 N–H and O–H groups in total. The van der Waals surface area contributed by atoms with Crippen LogP contribution in [-0.4, -0.2) is 11.0 Å². The lowest BCUT2D eigenvalue weighted by Crippen LogP contribution is -2.14. The molecule has 0 radical (unpaired) electrons. The van der Waals surface area contributed by atoms with Crippen molar-refractivity contribution in [2.24, 2.45) is 10.9 Å². The molecule has 0 bridgehead atoms. The highest BCUT2D eigenvalue weighted by Gasteiger charge is 2.15. The number of nitrogens with zero attached hydrogens (tertiary/aromatic N) is 1. The molecule has 0 saturated carbocycles. The lowest BCUT2D eigenvalue weighted by Gasteiger charge is -2.11. The predicted molar refractivity (Wildman–Crippen MR) is 85.1 cm³/mol. The Morgan fingerprint density at radius 3 is 2.71 bits per heavy atom. The number of amidine groups is 1. The van der Waals surface area contributed by atoms with Crippen molar-refractivity contribution >= 4 is 37.7 Å². The summed E-state index contributed by atoms with van der Waals surface area (Å²) in [5.74, 6) is -0.704. The number of nitrogens with two attached hydrogens (primary N) is 1.